The van der Waals surface area contributed by atoms with Gasteiger partial charge in [0.25, 0.3) is 11.8 Å². The lowest BCUT2D eigenvalue weighted by atomic mass is 9.94. The highest BCUT2D eigenvalue weighted by atomic mass is 16.2. The highest BCUT2D eigenvalue weighted by Gasteiger charge is 2.49. The first-order valence-electron chi connectivity index (χ1n) is 22.1. The van der Waals surface area contributed by atoms with Gasteiger partial charge < -0.3 is 31.5 Å². The molecule has 3 aromatic rings. The van der Waals surface area contributed by atoms with Gasteiger partial charge in [0.2, 0.25) is 23.6 Å². The Hall–Kier alpha value is -5.52. The Morgan fingerprint density at radius 3 is 1.58 bits per heavy atom. The summed E-state index contributed by atoms with van der Waals surface area (Å²) >= 11 is 0. The molecule has 3 fully saturated rings. The van der Waals surface area contributed by atoms with Crippen molar-refractivity contribution in [2.75, 3.05) is 26.2 Å². The van der Waals surface area contributed by atoms with Crippen LogP contribution in [0.3, 0.4) is 0 Å². The summed E-state index contributed by atoms with van der Waals surface area (Å²) in [7, 11) is 0. The van der Waals surface area contributed by atoms with Gasteiger partial charge in [-0.25, -0.2) is 0 Å². The Labute approximate surface area is 354 Å². The third-order valence-corrected chi connectivity index (χ3v) is 12.1. The molecule has 6 rings (SSSR count). The zero-order valence-corrected chi connectivity index (χ0v) is 35.1. The third-order valence-electron chi connectivity index (χ3n) is 12.1. The molecule has 2 aliphatic carbocycles. The lowest BCUT2D eigenvalue weighted by Crippen LogP contribution is -2.49. The van der Waals surface area contributed by atoms with Crippen molar-refractivity contribution in [2.24, 2.45) is 11.8 Å². The van der Waals surface area contributed by atoms with Crippen LogP contribution in [0.4, 0.5) is 0 Å². The minimum atomic E-state index is -1.08. The van der Waals surface area contributed by atoms with Gasteiger partial charge >= 0.3 is 0 Å². The fourth-order valence-electron chi connectivity index (χ4n) is 8.25. The van der Waals surface area contributed by atoms with Gasteiger partial charge in [-0.3, -0.25) is 28.8 Å². The Morgan fingerprint density at radius 2 is 1.08 bits per heavy atom. The first-order chi connectivity index (χ1) is 29.2. The maximum Gasteiger partial charge on any atom is 0.253 e. The van der Waals surface area contributed by atoms with E-state index in [0.717, 1.165) is 75.3 Å². The van der Waals surface area contributed by atoms with Crippen LogP contribution in [0.15, 0.2) is 84.9 Å². The van der Waals surface area contributed by atoms with E-state index in [-0.39, 0.29) is 72.6 Å². The molecule has 0 radical (unpaired) electrons. The zero-order chi connectivity index (χ0) is 42.4. The standard InChI is InChI=1S/C48H62N6O6/c1-3-5-7-15-25-49-43(55)29-42(47(59)50-26-16-8-6-4-2)53-44(56)34-21-23-35(24-22-34)48(60)54-30-38(45(57)51-40-27-36(40)32-17-11-9-12-18-32)39(31-54)46(58)52-41-28-37(41)33-19-13-10-14-20-33/h9-14,17-24,36-42H,3-8,15-16,25-31H2,1-2H3,(H,49,55)(H,50,59)(H,51,57)(H,52,58)(H,53,56)/t36-,37-,38-,39-,40+,41+,42+/m1/s1. The fraction of sp³-hybridized carbons (Fsp3) is 0.500. The van der Waals surface area contributed by atoms with Crippen molar-refractivity contribution in [2.45, 2.75) is 114 Å². The summed E-state index contributed by atoms with van der Waals surface area (Å²) < 4.78 is 0. The summed E-state index contributed by atoms with van der Waals surface area (Å²) in [6.07, 6.45) is 9.35. The molecule has 12 nitrogen and oxygen atoms in total. The molecular weight excluding hydrogens is 757 g/mol. The van der Waals surface area contributed by atoms with Crippen LogP contribution in [0, 0.1) is 11.8 Å². The molecule has 320 valence electrons. The lowest BCUT2D eigenvalue weighted by Gasteiger charge is -2.19. The van der Waals surface area contributed by atoms with Crippen molar-refractivity contribution in [1.82, 2.24) is 31.5 Å². The number of hydrogen-bond acceptors (Lipinski definition) is 6. The largest absolute Gasteiger partial charge is 0.356 e. The van der Waals surface area contributed by atoms with Crippen molar-refractivity contribution in [3.63, 3.8) is 0 Å². The minimum Gasteiger partial charge on any atom is -0.356 e. The van der Waals surface area contributed by atoms with E-state index in [9.17, 15) is 28.8 Å². The first-order valence-corrected chi connectivity index (χ1v) is 22.1. The van der Waals surface area contributed by atoms with Crippen molar-refractivity contribution < 1.29 is 28.8 Å². The second-order valence-corrected chi connectivity index (χ2v) is 16.7. The molecule has 12 heteroatoms. The Balaban J connectivity index is 1.08. The van der Waals surface area contributed by atoms with E-state index in [1.54, 1.807) is 4.90 Å². The minimum absolute atomic E-state index is 0.0284. The van der Waals surface area contributed by atoms with Crippen LogP contribution in [-0.2, 0) is 19.2 Å². The molecule has 0 spiro atoms. The van der Waals surface area contributed by atoms with E-state index in [0.29, 0.717) is 18.7 Å². The molecule has 7 atom stereocenters. The topological polar surface area (TPSA) is 166 Å². The highest BCUT2D eigenvalue weighted by molar-refractivity contribution is 6.01. The molecule has 60 heavy (non-hydrogen) atoms. The third kappa shape index (κ3) is 12.3. The summed E-state index contributed by atoms with van der Waals surface area (Å²) in [6.45, 7) is 5.34. The molecular formula is C48H62N6O6. The van der Waals surface area contributed by atoms with Crippen LogP contribution in [-0.4, -0.2) is 84.6 Å². The SMILES string of the molecule is CCCCCCNC(=O)C[C@H](NC(=O)c1ccc(C(=O)N2C[C@@H](C(=O)N[C@H]3C[C@@H]3c3ccccc3)[C@H](C(=O)N[C@H]3C[C@@H]3c3ccccc3)C2)cc1)C(=O)NCCCCCC. The van der Waals surface area contributed by atoms with Gasteiger partial charge in [-0.05, 0) is 61.1 Å². The smallest absolute Gasteiger partial charge is 0.253 e. The van der Waals surface area contributed by atoms with Crippen LogP contribution < -0.4 is 26.6 Å². The summed E-state index contributed by atoms with van der Waals surface area (Å²) in [5, 5.41) is 14.8. The second kappa shape index (κ2) is 21.7. The second-order valence-electron chi connectivity index (χ2n) is 16.7. The molecule has 3 aromatic carbocycles. The fourth-order valence-corrected chi connectivity index (χ4v) is 8.25. The Kier molecular flexibility index (Phi) is 15.9. The van der Waals surface area contributed by atoms with E-state index < -0.39 is 29.7 Å². The Bertz CT molecular complexity index is 1850. The average molecular weight is 819 g/mol. The normalized spacial score (nSPS) is 21.9. The molecule has 3 aliphatic rings. The monoisotopic (exact) mass is 818 g/mol. The van der Waals surface area contributed by atoms with Gasteiger partial charge in [0, 0.05) is 61.2 Å². The highest BCUT2D eigenvalue weighted by Crippen LogP contribution is 2.42. The molecule has 5 N–H and O–H groups in total. The quantitative estimate of drug-likeness (QED) is 0.0829. The van der Waals surface area contributed by atoms with Gasteiger partial charge in [-0.15, -0.1) is 0 Å². The van der Waals surface area contributed by atoms with Gasteiger partial charge in [-0.2, -0.15) is 0 Å². The number of amides is 6. The predicted molar refractivity (Wildman–Crippen MR) is 231 cm³/mol. The molecule has 0 aromatic heterocycles. The molecule has 1 saturated heterocycles. The maximum atomic E-state index is 14.0. The number of carbonyl (C=O) groups is 6. The van der Waals surface area contributed by atoms with Crippen LogP contribution in [0.2, 0.25) is 0 Å². The first kappa shape index (κ1) is 44.0. The number of nitrogens with zero attached hydrogens (tertiary/aromatic N) is 1. The number of nitrogens with one attached hydrogen (secondary N) is 5. The maximum absolute atomic E-state index is 14.0. The van der Waals surface area contributed by atoms with E-state index in [1.807, 2.05) is 36.4 Å². The number of benzene rings is 3. The van der Waals surface area contributed by atoms with E-state index in [2.05, 4.69) is 64.7 Å². The van der Waals surface area contributed by atoms with Crippen LogP contribution in [0.1, 0.15) is 128 Å². The molecule has 0 unspecified atom stereocenters. The number of likely N-dealkylation sites (tertiary alicyclic amines) is 1. The van der Waals surface area contributed by atoms with Crippen LogP contribution in [0.5, 0.6) is 0 Å². The van der Waals surface area contributed by atoms with E-state index in [1.165, 1.54) is 24.3 Å². The van der Waals surface area contributed by atoms with Gasteiger partial charge in [-0.1, -0.05) is 113 Å². The van der Waals surface area contributed by atoms with Crippen LogP contribution in [0.25, 0.3) is 0 Å². The summed E-state index contributed by atoms with van der Waals surface area (Å²) in [5.74, 6) is -3.13. The molecule has 1 heterocycles. The summed E-state index contributed by atoms with van der Waals surface area (Å²) in [6, 6.07) is 25.0. The molecule has 2 saturated carbocycles. The molecule has 0 bridgehead atoms. The van der Waals surface area contributed by atoms with Gasteiger partial charge in [0.05, 0.1) is 18.3 Å². The lowest BCUT2D eigenvalue weighted by molar-refractivity contribution is -0.133. The summed E-state index contributed by atoms with van der Waals surface area (Å²) in [5.41, 5.74) is 2.84. The molecule has 6 amide bonds. The van der Waals surface area contributed by atoms with Crippen molar-refractivity contribution in [1.29, 1.82) is 0 Å². The number of rotatable bonds is 22. The van der Waals surface area contributed by atoms with Crippen molar-refractivity contribution in [3.05, 3.63) is 107 Å². The van der Waals surface area contributed by atoms with E-state index in [4.69, 9.17) is 0 Å². The number of unbranched alkanes of at least 4 members (excludes halogenated alkanes) is 6. The average Bonchev–Trinajstić information content (AvgIpc) is 4.18. The summed E-state index contributed by atoms with van der Waals surface area (Å²) in [4.78, 5) is 82.7. The van der Waals surface area contributed by atoms with Crippen molar-refractivity contribution >= 4 is 35.4 Å². The zero-order valence-electron chi connectivity index (χ0n) is 35.1. The molecule has 1 aliphatic heterocycles. The number of carbonyl (C=O) groups excluding carboxylic acids is 6. The van der Waals surface area contributed by atoms with Gasteiger partial charge in [0.1, 0.15) is 6.04 Å². The van der Waals surface area contributed by atoms with E-state index >= 15 is 0 Å². The van der Waals surface area contributed by atoms with Crippen LogP contribution >= 0.6 is 0 Å². The van der Waals surface area contributed by atoms with Gasteiger partial charge in [0.15, 0.2) is 0 Å². The predicted octanol–water partition coefficient (Wildman–Crippen LogP) is 5.60. The Morgan fingerprint density at radius 1 is 0.600 bits per heavy atom. The van der Waals surface area contributed by atoms with Crippen molar-refractivity contribution in [3.8, 4) is 0 Å². The number of hydrogen-bond donors (Lipinski definition) is 5.